The van der Waals surface area contributed by atoms with Crippen LogP contribution in [0, 0.1) is 0 Å². The Kier molecular flexibility index (Phi) is 3.42. The number of carboxylic acids is 1. The highest BCUT2D eigenvalue weighted by molar-refractivity contribution is 6.36. The summed E-state index contributed by atoms with van der Waals surface area (Å²) >= 11 is 0. The molecule has 1 aliphatic heterocycles. The smallest absolute Gasteiger partial charge is 0.352 e. The molecule has 17 heavy (non-hydrogen) atoms. The van der Waals surface area contributed by atoms with Crippen molar-refractivity contribution in [2.24, 2.45) is 5.10 Å². The molecule has 0 aliphatic carbocycles. The molecule has 0 fully saturated rings. The van der Waals surface area contributed by atoms with Gasteiger partial charge in [0.05, 0.1) is 6.04 Å². The topological polar surface area (TPSA) is 52.9 Å². The lowest BCUT2D eigenvalue weighted by atomic mass is 10.0. The Morgan fingerprint density at radius 2 is 2.18 bits per heavy atom. The number of hydrogen-bond donors (Lipinski definition) is 1. The van der Waals surface area contributed by atoms with Crippen LogP contribution in [0.25, 0.3) is 0 Å². The van der Waals surface area contributed by atoms with Crippen LogP contribution >= 0.6 is 0 Å². The fraction of sp³-hybridized carbons (Fsp3) is 0.385. The number of rotatable bonds is 4. The third kappa shape index (κ3) is 2.46. The number of aliphatic carboxylic acids is 1. The second kappa shape index (κ2) is 4.99. The van der Waals surface area contributed by atoms with Crippen molar-refractivity contribution in [2.75, 3.05) is 6.54 Å². The highest BCUT2D eigenvalue weighted by Crippen LogP contribution is 2.30. The van der Waals surface area contributed by atoms with Crippen molar-refractivity contribution in [3.8, 4) is 0 Å². The van der Waals surface area contributed by atoms with Crippen molar-refractivity contribution in [1.82, 2.24) is 5.01 Å². The minimum absolute atomic E-state index is 0.0715. The summed E-state index contributed by atoms with van der Waals surface area (Å²) in [6.07, 6.45) is 1.44. The molecular formula is C13H16N2O2. The lowest BCUT2D eigenvalue weighted by Crippen LogP contribution is -2.20. The first kappa shape index (κ1) is 11.6. The largest absolute Gasteiger partial charge is 0.477 e. The molecule has 2 rings (SSSR count). The van der Waals surface area contributed by atoms with E-state index in [1.807, 2.05) is 35.3 Å². The van der Waals surface area contributed by atoms with Gasteiger partial charge >= 0.3 is 5.97 Å². The van der Waals surface area contributed by atoms with E-state index in [2.05, 4.69) is 12.0 Å². The monoisotopic (exact) mass is 232 g/mol. The van der Waals surface area contributed by atoms with Crippen LogP contribution in [0.3, 0.4) is 0 Å². The quantitative estimate of drug-likeness (QED) is 0.866. The molecule has 0 amide bonds. The molecule has 0 saturated carbocycles. The maximum absolute atomic E-state index is 11.0. The van der Waals surface area contributed by atoms with Gasteiger partial charge in [0.15, 0.2) is 0 Å². The van der Waals surface area contributed by atoms with E-state index in [1.54, 1.807) is 0 Å². The number of hydrogen-bond acceptors (Lipinski definition) is 3. The first-order chi connectivity index (χ1) is 8.22. The highest BCUT2D eigenvalue weighted by atomic mass is 16.4. The second-order valence-corrected chi connectivity index (χ2v) is 4.15. The predicted molar refractivity (Wildman–Crippen MR) is 65.9 cm³/mol. The predicted octanol–water partition coefficient (Wildman–Crippen LogP) is 2.28. The fourth-order valence-electron chi connectivity index (χ4n) is 2.08. The normalized spacial score (nSPS) is 19.2. The van der Waals surface area contributed by atoms with Crippen molar-refractivity contribution in [2.45, 2.75) is 25.8 Å². The van der Waals surface area contributed by atoms with E-state index in [0.29, 0.717) is 6.42 Å². The molecule has 0 spiro atoms. The number of benzene rings is 1. The maximum Gasteiger partial charge on any atom is 0.352 e. The van der Waals surface area contributed by atoms with Crippen molar-refractivity contribution >= 4 is 11.7 Å². The van der Waals surface area contributed by atoms with Gasteiger partial charge in [0.25, 0.3) is 0 Å². The van der Waals surface area contributed by atoms with E-state index in [1.165, 1.54) is 0 Å². The van der Waals surface area contributed by atoms with Gasteiger partial charge in [-0.05, 0) is 12.0 Å². The van der Waals surface area contributed by atoms with E-state index < -0.39 is 5.97 Å². The molecule has 0 bridgehead atoms. The third-order valence-corrected chi connectivity index (χ3v) is 2.88. The molecule has 4 nitrogen and oxygen atoms in total. The second-order valence-electron chi connectivity index (χ2n) is 4.15. The van der Waals surface area contributed by atoms with Crippen LogP contribution in [-0.4, -0.2) is 28.3 Å². The first-order valence-electron chi connectivity index (χ1n) is 5.84. The Morgan fingerprint density at radius 3 is 2.76 bits per heavy atom. The summed E-state index contributed by atoms with van der Waals surface area (Å²) in [5.41, 5.74) is 1.38. The summed E-state index contributed by atoms with van der Waals surface area (Å²) in [6, 6.07) is 10.0. The SMILES string of the molecule is CCCN1N=C(C(=O)O)CC1c1ccccc1. The van der Waals surface area contributed by atoms with Gasteiger partial charge in [-0.25, -0.2) is 4.79 Å². The molecule has 1 atom stereocenters. The molecule has 1 unspecified atom stereocenters. The minimum atomic E-state index is -0.912. The average Bonchev–Trinajstić information content (AvgIpc) is 2.75. The molecule has 4 heteroatoms. The van der Waals surface area contributed by atoms with E-state index in [0.717, 1.165) is 18.5 Å². The van der Waals surface area contributed by atoms with Gasteiger partial charge < -0.3 is 5.11 Å². The average molecular weight is 232 g/mol. The molecule has 1 heterocycles. The number of hydrazone groups is 1. The zero-order valence-corrected chi connectivity index (χ0v) is 9.84. The Balaban J connectivity index is 2.21. The first-order valence-corrected chi connectivity index (χ1v) is 5.84. The van der Waals surface area contributed by atoms with Gasteiger partial charge in [0.1, 0.15) is 5.71 Å². The van der Waals surface area contributed by atoms with Gasteiger partial charge in [-0.15, -0.1) is 0 Å². The highest BCUT2D eigenvalue weighted by Gasteiger charge is 2.30. The minimum Gasteiger partial charge on any atom is -0.477 e. The summed E-state index contributed by atoms with van der Waals surface area (Å²) in [6.45, 7) is 2.85. The summed E-state index contributed by atoms with van der Waals surface area (Å²) in [5, 5.41) is 15.1. The summed E-state index contributed by atoms with van der Waals surface area (Å²) in [7, 11) is 0. The summed E-state index contributed by atoms with van der Waals surface area (Å²) < 4.78 is 0. The van der Waals surface area contributed by atoms with Crippen molar-refractivity contribution in [3.05, 3.63) is 35.9 Å². The molecular weight excluding hydrogens is 216 g/mol. The van der Waals surface area contributed by atoms with Gasteiger partial charge in [0.2, 0.25) is 0 Å². The maximum atomic E-state index is 11.0. The van der Waals surface area contributed by atoms with Gasteiger partial charge in [0, 0.05) is 13.0 Å². The van der Waals surface area contributed by atoms with E-state index in [9.17, 15) is 4.79 Å². The van der Waals surface area contributed by atoms with Gasteiger partial charge in [-0.1, -0.05) is 37.3 Å². The van der Waals surface area contributed by atoms with Gasteiger partial charge in [-0.2, -0.15) is 5.10 Å². The Bertz CT molecular complexity index is 428. The Hall–Kier alpha value is -1.84. The van der Waals surface area contributed by atoms with Crippen LogP contribution in [0.15, 0.2) is 35.4 Å². The zero-order valence-electron chi connectivity index (χ0n) is 9.84. The van der Waals surface area contributed by atoms with Crippen LogP contribution < -0.4 is 0 Å². The summed E-state index contributed by atoms with van der Waals surface area (Å²) in [4.78, 5) is 11.0. The molecule has 1 aromatic rings. The van der Waals surface area contributed by atoms with Crippen LogP contribution in [0.2, 0.25) is 0 Å². The lowest BCUT2D eigenvalue weighted by Gasteiger charge is -2.23. The molecule has 0 radical (unpaired) electrons. The lowest BCUT2D eigenvalue weighted by molar-refractivity contribution is -0.129. The van der Waals surface area contributed by atoms with E-state index in [-0.39, 0.29) is 11.8 Å². The van der Waals surface area contributed by atoms with Crippen LogP contribution in [0.4, 0.5) is 0 Å². The van der Waals surface area contributed by atoms with Crippen molar-refractivity contribution < 1.29 is 9.90 Å². The Labute approximate surface area is 101 Å². The Morgan fingerprint density at radius 1 is 1.47 bits per heavy atom. The third-order valence-electron chi connectivity index (χ3n) is 2.88. The molecule has 90 valence electrons. The van der Waals surface area contributed by atoms with Gasteiger partial charge in [-0.3, -0.25) is 5.01 Å². The van der Waals surface area contributed by atoms with Crippen LogP contribution in [-0.2, 0) is 4.79 Å². The van der Waals surface area contributed by atoms with Crippen LogP contribution in [0.1, 0.15) is 31.4 Å². The number of nitrogens with zero attached hydrogens (tertiary/aromatic N) is 2. The van der Waals surface area contributed by atoms with E-state index >= 15 is 0 Å². The standard InChI is InChI=1S/C13H16N2O2/c1-2-8-15-12(9-11(14-15)13(16)17)10-6-4-3-5-7-10/h3-7,12H,2,8-9H2,1H3,(H,16,17). The van der Waals surface area contributed by atoms with Crippen molar-refractivity contribution in [1.29, 1.82) is 0 Å². The number of carboxylic acid groups (broad SMARTS) is 1. The van der Waals surface area contributed by atoms with E-state index in [4.69, 9.17) is 5.11 Å². The fourth-order valence-corrected chi connectivity index (χ4v) is 2.08. The van der Waals surface area contributed by atoms with Crippen molar-refractivity contribution in [3.63, 3.8) is 0 Å². The molecule has 0 aromatic heterocycles. The zero-order chi connectivity index (χ0) is 12.3. The van der Waals surface area contributed by atoms with Crippen LogP contribution in [0.5, 0.6) is 0 Å². The molecule has 0 saturated heterocycles. The molecule has 1 aromatic carbocycles. The molecule has 1 aliphatic rings. The molecule has 1 N–H and O–H groups in total. The number of carbonyl (C=O) groups is 1. The summed E-state index contributed by atoms with van der Waals surface area (Å²) in [5.74, 6) is -0.912.